The Hall–Kier alpha value is 0.1000. The quantitative estimate of drug-likeness (QED) is 0.786. The molecular formula is C8H14BrNO2. The lowest BCUT2D eigenvalue weighted by Crippen LogP contribution is -2.41. The molecule has 0 aromatic rings. The highest BCUT2D eigenvalue weighted by molar-refractivity contribution is 9.11. The van der Waals surface area contributed by atoms with Crippen LogP contribution in [0.25, 0.3) is 0 Å². The summed E-state index contributed by atoms with van der Waals surface area (Å²) >= 11 is 3.22. The first kappa shape index (κ1) is 10.2. The molecule has 0 spiro atoms. The summed E-state index contributed by atoms with van der Waals surface area (Å²) < 4.78 is 11.6. The van der Waals surface area contributed by atoms with E-state index < -0.39 is 0 Å². The molecule has 0 aromatic heterocycles. The van der Waals surface area contributed by atoms with Crippen LogP contribution in [0, 0.1) is 0 Å². The van der Waals surface area contributed by atoms with Crippen LogP contribution in [0.5, 0.6) is 0 Å². The summed E-state index contributed by atoms with van der Waals surface area (Å²) in [5.41, 5.74) is 0. The Morgan fingerprint density at radius 3 is 3.17 bits per heavy atom. The van der Waals surface area contributed by atoms with E-state index >= 15 is 0 Å². The van der Waals surface area contributed by atoms with Crippen LogP contribution in [0.15, 0.2) is 11.1 Å². The van der Waals surface area contributed by atoms with E-state index in [1.54, 1.807) is 0 Å². The highest BCUT2D eigenvalue weighted by Crippen LogP contribution is 2.02. The molecule has 12 heavy (non-hydrogen) atoms. The fraction of sp³-hybridized carbons (Fsp3) is 0.750. The Bertz CT molecular complexity index is 146. The van der Waals surface area contributed by atoms with Crippen molar-refractivity contribution in [3.05, 3.63) is 11.1 Å². The minimum atomic E-state index is 0.200. The Morgan fingerprint density at radius 2 is 2.58 bits per heavy atom. The maximum absolute atomic E-state index is 5.43. The van der Waals surface area contributed by atoms with Gasteiger partial charge in [-0.3, -0.25) is 0 Å². The lowest BCUT2D eigenvalue weighted by molar-refractivity contribution is -0.0259. The van der Waals surface area contributed by atoms with E-state index in [1.807, 2.05) is 0 Å². The molecule has 1 atom stereocenters. The smallest absolute Gasteiger partial charge is 0.0933 e. The molecule has 1 saturated heterocycles. The van der Waals surface area contributed by atoms with Gasteiger partial charge in [-0.2, -0.15) is 0 Å². The van der Waals surface area contributed by atoms with Gasteiger partial charge in [-0.05, 0) is 0 Å². The summed E-state index contributed by atoms with van der Waals surface area (Å²) in [6.07, 6.45) is 0.200. The van der Waals surface area contributed by atoms with Gasteiger partial charge < -0.3 is 14.8 Å². The minimum absolute atomic E-state index is 0.200. The number of morpholine rings is 1. The van der Waals surface area contributed by atoms with Gasteiger partial charge in [0.25, 0.3) is 0 Å². The first-order chi connectivity index (χ1) is 5.79. The summed E-state index contributed by atoms with van der Waals surface area (Å²) in [7, 11) is 0. The Kier molecular flexibility index (Phi) is 4.83. The highest BCUT2D eigenvalue weighted by atomic mass is 79.9. The fourth-order valence-electron chi connectivity index (χ4n) is 1.03. The van der Waals surface area contributed by atoms with Gasteiger partial charge in [0.2, 0.25) is 0 Å². The predicted molar refractivity (Wildman–Crippen MR) is 51.5 cm³/mol. The number of hydrogen-bond acceptors (Lipinski definition) is 3. The van der Waals surface area contributed by atoms with Crippen LogP contribution in [0.3, 0.4) is 0 Å². The zero-order valence-electron chi connectivity index (χ0n) is 7.01. The molecule has 0 radical (unpaired) electrons. The molecule has 1 aliphatic heterocycles. The molecule has 4 heteroatoms. The average Bonchev–Trinajstić information content (AvgIpc) is 2.05. The van der Waals surface area contributed by atoms with E-state index in [2.05, 4.69) is 27.8 Å². The van der Waals surface area contributed by atoms with E-state index in [1.165, 1.54) is 0 Å². The van der Waals surface area contributed by atoms with Crippen molar-refractivity contribution in [1.29, 1.82) is 0 Å². The average molecular weight is 236 g/mol. The molecule has 0 aliphatic carbocycles. The van der Waals surface area contributed by atoms with Gasteiger partial charge in [0.05, 0.1) is 25.9 Å². The molecule has 0 amide bonds. The van der Waals surface area contributed by atoms with Gasteiger partial charge in [-0.15, -0.1) is 0 Å². The predicted octanol–water partition coefficient (Wildman–Crippen LogP) is 0.900. The van der Waals surface area contributed by atoms with Crippen molar-refractivity contribution in [2.75, 3.05) is 32.9 Å². The second kappa shape index (κ2) is 5.70. The summed E-state index contributed by atoms with van der Waals surface area (Å²) in [5, 5.41) is 3.23. The summed E-state index contributed by atoms with van der Waals surface area (Å²) in [6, 6.07) is 0. The molecule has 1 rings (SSSR count). The Labute approximate surface area is 81.2 Å². The van der Waals surface area contributed by atoms with Gasteiger partial charge in [0.1, 0.15) is 0 Å². The van der Waals surface area contributed by atoms with Crippen LogP contribution < -0.4 is 5.32 Å². The zero-order valence-corrected chi connectivity index (χ0v) is 8.60. The number of ether oxygens (including phenoxy) is 2. The number of hydrogen-bond donors (Lipinski definition) is 1. The largest absolute Gasteiger partial charge is 0.374 e. The molecule has 1 unspecified atom stereocenters. The zero-order chi connectivity index (χ0) is 8.81. The molecule has 1 fully saturated rings. The van der Waals surface area contributed by atoms with Crippen molar-refractivity contribution >= 4 is 15.9 Å². The van der Waals surface area contributed by atoms with Gasteiger partial charge >= 0.3 is 0 Å². The Morgan fingerprint density at radius 1 is 1.75 bits per heavy atom. The van der Waals surface area contributed by atoms with Gasteiger partial charge in [0, 0.05) is 17.6 Å². The molecule has 1 heterocycles. The monoisotopic (exact) mass is 235 g/mol. The van der Waals surface area contributed by atoms with Crippen LogP contribution in [0.1, 0.15) is 0 Å². The first-order valence-electron chi connectivity index (χ1n) is 4.02. The van der Waals surface area contributed by atoms with Crippen LogP contribution in [-0.2, 0) is 9.47 Å². The van der Waals surface area contributed by atoms with E-state index in [0.717, 1.165) is 24.2 Å². The summed E-state index contributed by atoms with van der Waals surface area (Å²) in [5.74, 6) is 0. The van der Waals surface area contributed by atoms with Crippen molar-refractivity contribution in [2.24, 2.45) is 0 Å². The van der Waals surface area contributed by atoms with Crippen molar-refractivity contribution < 1.29 is 9.47 Å². The van der Waals surface area contributed by atoms with Crippen LogP contribution in [0.4, 0.5) is 0 Å². The third kappa shape index (κ3) is 4.21. The van der Waals surface area contributed by atoms with E-state index in [0.29, 0.717) is 13.2 Å². The SMILES string of the molecule is C=C(Br)COCC1CNCCO1. The molecule has 0 saturated carbocycles. The van der Waals surface area contributed by atoms with Crippen molar-refractivity contribution in [2.45, 2.75) is 6.10 Å². The third-order valence-corrected chi connectivity index (χ3v) is 1.80. The fourth-order valence-corrected chi connectivity index (χ4v) is 1.19. The molecule has 1 N–H and O–H groups in total. The summed E-state index contributed by atoms with van der Waals surface area (Å²) in [4.78, 5) is 0. The molecule has 1 aliphatic rings. The highest BCUT2D eigenvalue weighted by Gasteiger charge is 2.12. The maximum Gasteiger partial charge on any atom is 0.0933 e. The lowest BCUT2D eigenvalue weighted by Gasteiger charge is -2.23. The van der Waals surface area contributed by atoms with Gasteiger partial charge in [-0.1, -0.05) is 22.5 Å². The molecule has 0 aromatic carbocycles. The Balaban J connectivity index is 2.01. The summed E-state index contributed by atoms with van der Waals surface area (Å²) in [6.45, 7) is 7.48. The van der Waals surface area contributed by atoms with E-state index in [-0.39, 0.29) is 6.10 Å². The van der Waals surface area contributed by atoms with Crippen LogP contribution in [0.2, 0.25) is 0 Å². The van der Waals surface area contributed by atoms with Gasteiger partial charge in [0.15, 0.2) is 0 Å². The normalized spacial score (nSPS) is 23.9. The molecular weight excluding hydrogens is 222 g/mol. The van der Waals surface area contributed by atoms with Gasteiger partial charge in [-0.25, -0.2) is 0 Å². The standard InChI is InChI=1S/C8H14BrNO2/c1-7(9)5-11-6-8-4-10-2-3-12-8/h8,10H,1-6H2. The number of nitrogens with one attached hydrogen (secondary N) is 1. The molecule has 70 valence electrons. The lowest BCUT2D eigenvalue weighted by atomic mass is 10.3. The number of rotatable bonds is 4. The molecule has 3 nitrogen and oxygen atoms in total. The second-order valence-corrected chi connectivity index (χ2v) is 3.85. The first-order valence-corrected chi connectivity index (χ1v) is 4.81. The minimum Gasteiger partial charge on any atom is -0.374 e. The van der Waals surface area contributed by atoms with Crippen molar-refractivity contribution in [3.63, 3.8) is 0 Å². The van der Waals surface area contributed by atoms with Crippen molar-refractivity contribution in [1.82, 2.24) is 5.32 Å². The topological polar surface area (TPSA) is 30.5 Å². The van der Waals surface area contributed by atoms with E-state index in [4.69, 9.17) is 9.47 Å². The van der Waals surface area contributed by atoms with Crippen LogP contribution in [-0.4, -0.2) is 39.0 Å². The maximum atomic E-state index is 5.43. The van der Waals surface area contributed by atoms with E-state index in [9.17, 15) is 0 Å². The third-order valence-electron chi connectivity index (χ3n) is 1.57. The second-order valence-electron chi connectivity index (χ2n) is 2.73. The van der Waals surface area contributed by atoms with Crippen molar-refractivity contribution in [3.8, 4) is 0 Å². The van der Waals surface area contributed by atoms with Crippen LogP contribution >= 0.6 is 15.9 Å². The molecule has 0 bridgehead atoms. The number of halogens is 1.